The van der Waals surface area contributed by atoms with Gasteiger partial charge in [0.2, 0.25) is 0 Å². The van der Waals surface area contributed by atoms with E-state index in [9.17, 15) is 0 Å². The summed E-state index contributed by atoms with van der Waals surface area (Å²) in [6.45, 7) is 0. The first-order valence-corrected chi connectivity index (χ1v) is 6.37. The number of methoxy groups -OCH3 is 2. The first-order valence-electron chi connectivity index (χ1n) is 6.37. The van der Waals surface area contributed by atoms with Gasteiger partial charge in [0.05, 0.1) is 14.2 Å². The SMILES string of the molecule is COc1ccc(Cc2nc3ncnc(N)c3[nH]2)cc1OC. The third-order valence-corrected chi connectivity index (χ3v) is 3.19. The molecule has 0 aliphatic heterocycles. The summed E-state index contributed by atoms with van der Waals surface area (Å²) < 4.78 is 10.5. The summed E-state index contributed by atoms with van der Waals surface area (Å²) in [4.78, 5) is 15.6. The molecule has 3 N–H and O–H groups in total. The van der Waals surface area contributed by atoms with Gasteiger partial charge in [0.15, 0.2) is 23.0 Å². The molecule has 0 aliphatic rings. The number of anilines is 1. The molecule has 7 heteroatoms. The average molecular weight is 285 g/mol. The Labute approximate surface area is 121 Å². The van der Waals surface area contributed by atoms with Gasteiger partial charge in [-0.15, -0.1) is 0 Å². The van der Waals surface area contributed by atoms with Crippen molar-refractivity contribution in [1.29, 1.82) is 0 Å². The lowest BCUT2D eigenvalue weighted by Crippen LogP contribution is -1.95. The quantitative estimate of drug-likeness (QED) is 0.754. The number of hydrogen-bond donors (Lipinski definition) is 2. The fourth-order valence-electron chi connectivity index (χ4n) is 2.16. The molecule has 1 aromatic carbocycles. The van der Waals surface area contributed by atoms with Crippen LogP contribution in [0, 0.1) is 0 Å². The van der Waals surface area contributed by atoms with Crippen LogP contribution in [0.3, 0.4) is 0 Å². The molecule has 0 atom stereocenters. The lowest BCUT2D eigenvalue weighted by atomic mass is 10.1. The first kappa shape index (κ1) is 13.2. The van der Waals surface area contributed by atoms with Crippen LogP contribution in [0.15, 0.2) is 24.5 Å². The molecule has 2 aromatic heterocycles. The summed E-state index contributed by atoms with van der Waals surface area (Å²) >= 11 is 0. The van der Waals surface area contributed by atoms with Crippen LogP contribution in [-0.4, -0.2) is 34.2 Å². The zero-order valence-electron chi connectivity index (χ0n) is 11.8. The van der Waals surface area contributed by atoms with Crippen LogP contribution in [0.2, 0.25) is 0 Å². The van der Waals surface area contributed by atoms with Crippen molar-refractivity contribution >= 4 is 17.0 Å². The van der Waals surface area contributed by atoms with Crippen molar-refractivity contribution in [2.75, 3.05) is 20.0 Å². The monoisotopic (exact) mass is 285 g/mol. The van der Waals surface area contributed by atoms with Gasteiger partial charge in [0.1, 0.15) is 17.7 Å². The van der Waals surface area contributed by atoms with E-state index in [1.807, 2.05) is 18.2 Å². The maximum Gasteiger partial charge on any atom is 0.183 e. The lowest BCUT2D eigenvalue weighted by molar-refractivity contribution is 0.354. The van der Waals surface area contributed by atoms with Crippen LogP contribution in [0.25, 0.3) is 11.2 Å². The fraction of sp³-hybridized carbons (Fsp3) is 0.214. The van der Waals surface area contributed by atoms with Crippen LogP contribution >= 0.6 is 0 Å². The van der Waals surface area contributed by atoms with Crippen molar-refractivity contribution in [2.24, 2.45) is 0 Å². The molecular weight excluding hydrogens is 270 g/mol. The van der Waals surface area contributed by atoms with Gasteiger partial charge in [0.25, 0.3) is 0 Å². The van der Waals surface area contributed by atoms with Crippen molar-refractivity contribution in [3.8, 4) is 11.5 Å². The lowest BCUT2D eigenvalue weighted by Gasteiger charge is -2.08. The minimum atomic E-state index is 0.395. The maximum atomic E-state index is 5.79. The van der Waals surface area contributed by atoms with Crippen molar-refractivity contribution in [2.45, 2.75) is 6.42 Å². The van der Waals surface area contributed by atoms with Gasteiger partial charge < -0.3 is 20.2 Å². The summed E-state index contributed by atoms with van der Waals surface area (Å²) in [7, 11) is 3.22. The Hall–Kier alpha value is -2.83. The van der Waals surface area contributed by atoms with Crippen molar-refractivity contribution in [3.63, 3.8) is 0 Å². The molecular formula is C14H15N5O2. The van der Waals surface area contributed by atoms with Crippen molar-refractivity contribution in [1.82, 2.24) is 19.9 Å². The smallest absolute Gasteiger partial charge is 0.183 e. The number of H-pyrrole nitrogens is 1. The number of nitrogen functional groups attached to an aromatic ring is 1. The fourth-order valence-corrected chi connectivity index (χ4v) is 2.16. The molecule has 0 bridgehead atoms. The highest BCUT2D eigenvalue weighted by atomic mass is 16.5. The van der Waals surface area contributed by atoms with Gasteiger partial charge in [-0.25, -0.2) is 15.0 Å². The van der Waals surface area contributed by atoms with E-state index < -0.39 is 0 Å². The highest BCUT2D eigenvalue weighted by Crippen LogP contribution is 2.28. The van der Waals surface area contributed by atoms with E-state index in [1.165, 1.54) is 6.33 Å². The minimum Gasteiger partial charge on any atom is -0.493 e. The molecule has 2 heterocycles. The zero-order valence-corrected chi connectivity index (χ0v) is 11.8. The molecule has 3 rings (SSSR count). The molecule has 0 saturated heterocycles. The van der Waals surface area contributed by atoms with Gasteiger partial charge in [-0.3, -0.25) is 0 Å². The van der Waals surface area contributed by atoms with Crippen molar-refractivity contribution in [3.05, 3.63) is 35.9 Å². The maximum absolute atomic E-state index is 5.79. The van der Waals surface area contributed by atoms with E-state index in [0.717, 1.165) is 11.4 Å². The van der Waals surface area contributed by atoms with Crippen LogP contribution in [0.1, 0.15) is 11.4 Å². The van der Waals surface area contributed by atoms with Crippen molar-refractivity contribution < 1.29 is 9.47 Å². The molecule has 0 fully saturated rings. The second-order valence-electron chi connectivity index (χ2n) is 4.51. The number of rotatable bonds is 4. The predicted octanol–water partition coefficient (Wildman–Crippen LogP) is 1.54. The number of fused-ring (bicyclic) bond motifs is 1. The number of imidazole rings is 1. The predicted molar refractivity (Wildman–Crippen MR) is 78.4 cm³/mol. The number of hydrogen-bond acceptors (Lipinski definition) is 6. The Kier molecular flexibility index (Phi) is 3.31. The van der Waals surface area contributed by atoms with Gasteiger partial charge >= 0.3 is 0 Å². The molecule has 21 heavy (non-hydrogen) atoms. The minimum absolute atomic E-state index is 0.395. The van der Waals surface area contributed by atoms with Gasteiger partial charge in [-0.1, -0.05) is 6.07 Å². The van der Waals surface area contributed by atoms with E-state index in [4.69, 9.17) is 15.2 Å². The van der Waals surface area contributed by atoms with E-state index in [0.29, 0.717) is 34.9 Å². The second kappa shape index (κ2) is 5.28. The van der Waals surface area contributed by atoms with Crippen LogP contribution in [0.5, 0.6) is 11.5 Å². The number of aromatic amines is 1. The molecule has 108 valence electrons. The Morgan fingerprint density at radius 2 is 1.95 bits per heavy atom. The van der Waals surface area contributed by atoms with Gasteiger partial charge in [0, 0.05) is 6.42 Å². The Bertz CT molecular complexity index is 784. The summed E-state index contributed by atoms with van der Waals surface area (Å²) in [5, 5.41) is 0. The average Bonchev–Trinajstić information content (AvgIpc) is 2.91. The summed E-state index contributed by atoms with van der Waals surface area (Å²) in [6.07, 6.45) is 2.01. The molecule has 0 unspecified atom stereocenters. The summed E-state index contributed by atoms with van der Waals surface area (Å²) in [5.41, 5.74) is 8.06. The van der Waals surface area contributed by atoms with Crippen LogP contribution in [0.4, 0.5) is 5.82 Å². The highest BCUT2D eigenvalue weighted by molar-refractivity contribution is 5.81. The van der Waals surface area contributed by atoms with Gasteiger partial charge in [-0.05, 0) is 17.7 Å². The number of aromatic nitrogens is 4. The zero-order chi connectivity index (χ0) is 14.8. The number of nitrogens with one attached hydrogen (secondary N) is 1. The topological polar surface area (TPSA) is 98.9 Å². The highest BCUT2D eigenvalue weighted by Gasteiger charge is 2.10. The molecule has 3 aromatic rings. The molecule has 0 amide bonds. The largest absolute Gasteiger partial charge is 0.493 e. The number of nitrogens with two attached hydrogens (primary N) is 1. The van der Waals surface area contributed by atoms with E-state index >= 15 is 0 Å². The summed E-state index contributed by atoms with van der Waals surface area (Å²) in [6, 6.07) is 5.75. The number of benzene rings is 1. The molecule has 0 saturated carbocycles. The Morgan fingerprint density at radius 1 is 1.14 bits per heavy atom. The third-order valence-electron chi connectivity index (χ3n) is 3.19. The van der Waals surface area contributed by atoms with Gasteiger partial charge in [-0.2, -0.15) is 0 Å². The Balaban J connectivity index is 1.93. The second-order valence-corrected chi connectivity index (χ2v) is 4.51. The summed E-state index contributed by atoms with van der Waals surface area (Å²) in [5.74, 6) is 2.54. The normalized spacial score (nSPS) is 10.8. The third kappa shape index (κ3) is 2.45. The molecule has 0 radical (unpaired) electrons. The standard InChI is InChI=1S/C14H15N5O2/c1-20-9-4-3-8(5-10(9)21-2)6-11-18-12-13(15)16-7-17-14(12)19-11/h3-5,7H,6H2,1-2H3,(H3,15,16,17,18,19). The first-order chi connectivity index (χ1) is 10.2. The molecule has 7 nitrogen and oxygen atoms in total. The molecule has 0 spiro atoms. The van der Waals surface area contributed by atoms with E-state index in [1.54, 1.807) is 14.2 Å². The number of ether oxygens (including phenoxy) is 2. The van der Waals surface area contributed by atoms with E-state index in [2.05, 4.69) is 19.9 Å². The van der Waals surface area contributed by atoms with Crippen LogP contribution in [-0.2, 0) is 6.42 Å². The van der Waals surface area contributed by atoms with E-state index in [-0.39, 0.29) is 0 Å². The van der Waals surface area contributed by atoms with Crippen LogP contribution < -0.4 is 15.2 Å². The molecule has 0 aliphatic carbocycles. The number of nitrogens with zero attached hydrogens (tertiary/aromatic N) is 3. The Morgan fingerprint density at radius 3 is 2.67 bits per heavy atom.